The maximum absolute atomic E-state index is 11.2. The Morgan fingerprint density at radius 1 is 1.36 bits per heavy atom. The Balaban J connectivity index is 3.71. The van der Waals surface area contributed by atoms with Crippen LogP contribution in [0.5, 0.6) is 0 Å². The zero-order valence-corrected chi connectivity index (χ0v) is 10.1. The molecule has 0 aliphatic heterocycles. The summed E-state index contributed by atoms with van der Waals surface area (Å²) in [7, 11) is 0. The van der Waals surface area contributed by atoms with E-state index in [1.54, 1.807) is 0 Å². The first-order valence-corrected chi connectivity index (χ1v) is 6.16. The van der Waals surface area contributed by atoms with E-state index in [4.69, 9.17) is 0 Å². The third-order valence-electron chi connectivity index (χ3n) is 0.908. The van der Waals surface area contributed by atoms with E-state index in [-0.39, 0.29) is 10.2 Å². The van der Waals surface area contributed by atoms with Crippen LogP contribution in [-0.4, -0.2) is 26.0 Å². The number of nitrogens with one attached hydrogen (secondary N) is 1. The van der Waals surface area contributed by atoms with Crippen molar-refractivity contribution in [2.75, 3.05) is 0 Å². The molecule has 0 radical (unpaired) electrons. The van der Waals surface area contributed by atoms with Crippen molar-refractivity contribution in [3.8, 4) is 0 Å². The zero-order valence-electron chi connectivity index (χ0n) is 7.99. The molecule has 0 fully saturated rings. The van der Waals surface area contributed by atoms with Gasteiger partial charge >= 0.3 is 75.4 Å². The molecule has 0 aliphatic carbocycles. The third-order valence-corrected chi connectivity index (χ3v) is 2.93. The van der Waals surface area contributed by atoms with E-state index in [2.05, 4.69) is 19.2 Å². The molecule has 0 heterocycles. The van der Waals surface area contributed by atoms with Crippen molar-refractivity contribution in [1.82, 2.24) is 5.32 Å². The van der Waals surface area contributed by atoms with E-state index >= 15 is 0 Å². The van der Waals surface area contributed by atoms with Crippen molar-refractivity contribution in [1.29, 1.82) is 0 Å². The molecule has 3 heteroatoms. The molecule has 0 saturated carbocycles. The summed E-state index contributed by atoms with van der Waals surface area (Å²) in [6.07, 6.45) is 0. The molecule has 1 amide bonds. The number of carbonyl (C=O) groups excluding carboxylic acids is 1. The predicted molar refractivity (Wildman–Crippen MR) is 50.5 cm³/mol. The third kappa shape index (κ3) is 7.93. The first kappa shape index (κ1) is 11.0. The summed E-state index contributed by atoms with van der Waals surface area (Å²) >= 11 is -0.441. The van der Waals surface area contributed by atoms with Crippen LogP contribution in [0.1, 0.15) is 34.6 Å². The van der Waals surface area contributed by atoms with Crippen LogP contribution >= 0.6 is 0 Å². The molecule has 0 saturated heterocycles. The number of hydrogen-bond donors (Lipinski definition) is 1. The van der Waals surface area contributed by atoms with Crippen molar-refractivity contribution in [3.63, 3.8) is 0 Å². The van der Waals surface area contributed by atoms with E-state index in [1.165, 1.54) is 0 Å². The summed E-state index contributed by atoms with van der Waals surface area (Å²) in [5.74, 6) is 0. The number of carbonyl (C=O) groups is 1. The van der Waals surface area contributed by atoms with Crippen LogP contribution in [0.3, 0.4) is 0 Å². The van der Waals surface area contributed by atoms with Gasteiger partial charge < -0.3 is 0 Å². The number of amides is 1. The SMILES string of the molecule is CC(C)[AsH]C(=O)NC(C)(C)C. The molecule has 0 bridgehead atoms. The van der Waals surface area contributed by atoms with Crippen LogP contribution in [-0.2, 0) is 0 Å². The Morgan fingerprint density at radius 3 is 2.09 bits per heavy atom. The van der Waals surface area contributed by atoms with Gasteiger partial charge in [0.05, 0.1) is 0 Å². The fraction of sp³-hybridized carbons (Fsp3) is 0.875. The quantitative estimate of drug-likeness (QED) is 0.704. The molecular weight excluding hydrogens is 201 g/mol. The summed E-state index contributed by atoms with van der Waals surface area (Å²) < 4.78 is 0.838. The molecule has 0 aromatic carbocycles. The second-order valence-corrected chi connectivity index (χ2v) is 7.98. The zero-order chi connectivity index (χ0) is 9.07. The molecule has 1 N–H and O–H groups in total. The van der Waals surface area contributed by atoms with Gasteiger partial charge in [-0.05, 0) is 0 Å². The van der Waals surface area contributed by atoms with E-state index in [9.17, 15) is 4.79 Å². The van der Waals surface area contributed by atoms with Gasteiger partial charge in [0.2, 0.25) is 0 Å². The molecule has 1 unspecified atom stereocenters. The average molecular weight is 219 g/mol. The van der Waals surface area contributed by atoms with Crippen LogP contribution in [0, 0.1) is 0 Å². The van der Waals surface area contributed by atoms with Gasteiger partial charge in [-0.2, -0.15) is 0 Å². The Morgan fingerprint density at radius 2 is 1.82 bits per heavy atom. The molecule has 0 aliphatic rings. The minimum atomic E-state index is -0.441. The van der Waals surface area contributed by atoms with Crippen molar-refractivity contribution in [2.24, 2.45) is 0 Å². The standard InChI is InChI=1S/C8H18AsNO/c1-6(2)9-7(11)10-8(3,4)5/h6,9H,1-5H3,(H,10,11). The van der Waals surface area contributed by atoms with Gasteiger partial charge in [0.15, 0.2) is 0 Å². The minimum absolute atomic E-state index is 0.0600. The van der Waals surface area contributed by atoms with Gasteiger partial charge in [0, 0.05) is 0 Å². The molecule has 0 aromatic rings. The van der Waals surface area contributed by atoms with E-state index in [0.717, 1.165) is 0 Å². The molecule has 0 aromatic heterocycles. The van der Waals surface area contributed by atoms with Crippen molar-refractivity contribution >= 4 is 20.4 Å². The maximum atomic E-state index is 11.2. The van der Waals surface area contributed by atoms with Crippen LogP contribution < -0.4 is 5.32 Å². The van der Waals surface area contributed by atoms with E-state index < -0.39 is 15.8 Å². The molecule has 11 heavy (non-hydrogen) atoms. The molecule has 66 valence electrons. The summed E-state index contributed by atoms with van der Waals surface area (Å²) in [5.41, 5.74) is -0.0600. The van der Waals surface area contributed by atoms with Gasteiger partial charge in [-0.3, -0.25) is 0 Å². The van der Waals surface area contributed by atoms with E-state index in [0.29, 0.717) is 4.71 Å². The van der Waals surface area contributed by atoms with Crippen LogP contribution in [0.15, 0.2) is 0 Å². The monoisotopic (exact) mass is 219 g/mol. The van der Waals surface area contributed by atoms with E-state index in [1.807, 2.05) is 20.8 Å². The Kier molecular flexibility index (Phi) is 4.16. The summed E-state index contributed by atoms with van der Waals surface area (Å²) in [5, 5.41) is 2.97. The Labute approximate surface area is 75.8 Å². The molecule has 0 spiro atoms. The summed E-state index contributed by atoms with van der Waals surface area (Å²) in [6.45, 7) is 10.2. The fourth-order valence-electron chi connectivity index (χ4n) is 0.639. The molecular formula is C8H18AsNO. The van der Waals surface area contributed by atoms with Crippen LogP contribution in [0.2, 0.25) is 4.71 Å². The van der Waals surface area contributed by atoms with Gasteiger partial charge in [-0.25, -0.2) is 0 Å². The van der Waals surface area contributed by atoms with Crippen molar-refractivity contribution < 1.29 is 4.79 Å². The number of rotatable bonds is 2. The van der Waals surface area contributed by atoms with Crippen LogP contribution in [0.25, 0.3) is 0 Å². The van der Waals surface area contributed by atoms with Crippen molar-refractivity contribution in [2.45, 2.75) is 44.9 Å². The summed E-state index contributed by atoms with van der Waals surface area (Å²) in [6, 6.07) is 0. The molecule has 1 atom stereocenters. The first-order valence-electron chi connectivity index (χ1n) is 3.90. The van der Waals surface area contributed by atoms with Gasteiger partial charge in [-0.1, -0.05) is 0 Å². The number of hydrogen-bond acceptors (Lipinski definition) is 1. The fourth-order valence-corrected chi connectivity index (χ4v) is 2.68. The Bertz CT molecular complexity index is 138. The topological polar surface area (TPSA) is 29.1 Å². The second kappa shape index (κ2) is 4.15. The van der Waals surface area contributed by atoms with Gasteiger partial charge in [0.25, 0.3) is 0 Å². The van der Waals surface area contributed by atoms with Crippen LogP contribution in [0.4, 0.5) is 4.79 Å². The normalized spacial score (nSPS) is 12.9. The average Bonchev–Trinajstić information content (AvgIpc) is 1.53. The second-order valence-electron chi connectivity index (χ2n) is 4.00. The molecule has 2 nitrogen and oxygen atoms in total. The first-order chi connectivity index (χ1) is 4.81. The summed E-state index contributed by atoms with van der Waals surface area (Å²) in [4.78, 5) is 11.2. The predicted octanol–water partition coefficient (Wildman–Crippen LogP) is 1.76. The van der Waals surface area contributed by atoms with Crippen molar-refractivity contribution in [3.05, 3.63) is 0 Å². The van der Waals surface area contributed by atoms with Gasteiger partial charge in [-0.15, -0.1) is 0 Å². The Hall–Kier alpha value is 0.0284. The van der Waals surface area contributed by atoms with Gasteiger partial charge in [0.1, 0.15) is 0 Å². The molecule has 0 rings (SSSR count).